The number of anilines is 1. The van der Waals surface area contributed by atoms with Crippen LogP contribution in [-0.4, -0.2) is 11.0 Å². The minimum absolute atomic E-state index is 0.243. The molecule has 0 radical (unpaired) electrons. The summed E-state index contributed by atoms with van der Waals surface area (Å²) in [4.78, 5) is 11.9. The highest BCUT2D eigenvalue weighted by Gasteiger charge is 2.08. The van der Waals surface area contributed by atoms with Crippen molar-refractivity contribution in [3.63, 3.8) is 0 Å². The van der Waals surface area contributed by atoms with E-state index in [-0.39, 0.29) is 11.0 Å². The number of carbonyl (C=O) groups is 1. The van der Waals surface area contributed by atoms with Gasteiger partial charge in [0.05, 0.1) is 5.69 Å². The molecule has 0 fully saturated rings. The van der Waals surface area contributed by atoms with E-state index in [4.69, 9.17) is 23.8 Å². The maximum absolute atomic E-state index is 11.9. The van der Waals surface area contributed by atoms with E-state index < -0.39 is 0 Å². The average Bonchev–Trinajstić information content (AvgIpc) is 2.43. The molecule has 2 aromatic carbocycles. The lowest BCUT2D eigenvalue weighted by molar-refractivity contribution is 0.0978. The lowest BCUT2D eigenvalue weighted by Gasteiger charge is -2.11. The van der Waals surface area contributed by atoms with Crippen LogP contribution in [0.5, 0.6) is 0 Å². The number of rotatable bonds is 2. The topological polar surface area (TPSA) is 41.1 Å². The smallest absolute Gasteiger partial charge is 0.257 e. The van der Waals surface area contributed by atoms with Crippen LogP contribution >= 0.6 is 46.4 Å². The number of halogens is 2. The third-order valence-electron chi connectivity index (χ3n) is 2.44. The molecule has 0 aliphatic rings. The minimum atomic E-state index is -0.243. The highest BCUT2D eigenvalue weighted by molar-refractivity contribution is 14.1. The second kappa shape index (κ2) is 7.01. The van der Waals surface area contributed by atoms with E-state index >= 15 is 0 Å². The summed E-state index contributed by atoms with van der Waals surface area (Å²) in [7, 11) is 0. The summed E-state index contributed by atoms with van der Waals surface area (Å²) in [5.74, 6) is -0.243. The summed E-state index contributed by atoms with van der Waals surface area (Å²) in [5.41, 5.74) is 1.36. The van der Waals surface area contributed by atoms with Gasteiger partial charge in [0.15, 0.2) is 5.11 Å². The van der Waals surface area contributed by atoms with Gasteiger partial charge >= 0.3 is 0 Å². The molecule has 2 rings (SSSR count). The molecule has 20 heavy (non-hydrogen) atoms. The first kappa shape index (κ1) is 15.2. The molecule has 0 atom stereocenters. The highest BCUT2D eigenvalue weighted by atomic mass is 127. The Balaban J connectivity index is 2.01. The van der Waals surface area contributed by atoms with Gasteiger partial charge in [-0.1, -0.05) is 29.8 Å². The maximum atomic E-state index is 11.9. The van der Waals surface area contributed by atoms with Gasteiger partial charge in [0, 0.05) is 14.2 Å². The summed E-state index contributed by atoms with van der Waals surface area (Å²) in [5, 5.41) is 6.50. The van der Waals surface area contributed by atoms with E-state index in [9.17, 15) is 4.79 Å². The standard InChI is InChI=1S/C14H10ClIN2OS/c15-10-6-7-12(11(16)8-10)17-14(20)18-13(19)9-4-2-1-3-5-9/h1-8H,(H2,17,18,19,20). The van der Waals surface area contributed by atoms with Gasteiger partial charge in [-0.15, -0.1) is 0 Å². The molecule has 0 aliphatic heterocycles. The number of carbonyl (C=O) groups excluding carboxylic acids is 1. The molecule has 3 nitrogen and oxygen atoms in total. The molecule has 0 bridgehead atoms. The zero-order valence-electron chi connectivity index (χ0n) is 10.2. The molecular weight excluding hydrogens is 407 g/mol. The predicted molar refractivity (Wildman–Crippen MR) is 94.3 cm³/mol. The highest BCUT2D eigenvalue weighted by Crippen LogP contribution is 2.22. The molecule has 0 aliphatic carbocycles. The Morgan fingerprint density at radius 1 is 1.15 bits per heavy atom. The van der Waals surface area contributed by atoms with Crippen molar-refractivity contribution in [2.75, 3.05) is 5.32 Å². The first-order chi connectivity index (χ1) is 9.56. The molecule has 0 saturated carbocycles. The quantitative estimate of drug-likeness (QED) is 0.573. The van der Waals surface area contributed by atoms with Crippen LogP contribution in [0.25, 0.3) is 0 Å². The van der Waals surface area contributed by atoms with Crippen molar-refractivity contribution in [3.8, 4) is 0 Å². The molecular formula is C14H10ClIN2OS. The van der Waals surface area contributed by atoms with Crippen LogP contribution in [-0.2, 0) is 0 Å². The van der Waals surface area contributed by atoms with Gasteiger partial charge in [0.2, 0.25) is 0 Å². The van der Waals surface area contributed by atoms with E-state index in [1.165, 1.54) is 0 Å². The molecule has 102 valence electrons. The average molecular weight is 417 g/mol. The Hall–Kier alpha value is -1.18. The van der Waals surface area contributed by atoms with Crippen molar-refractivity contribution in [1.29, 1.82) is 0 Å². The molecule has 2 N–H and O–H groups in total. The van der Waals surface area contributed by atoms with Crippen LogP contribution < -0.4 is 10.6 Å². The molecule has 0 heterocycles. The SMILES string of the molecule is O=C(NC(=S)Nc1ccc(Cl)cc1I)c1ccccc1. The van der Waals surface area contributed by atoms with E-state index in [1.807, 2.05) is 18.2 Å². The van der Waals surface area contributed by atoms with Crippen molar-refractivity contribution in [2.45, 2.75) is 0 Å². The third-order valence-corrected chi connectivity index (χ3v) is 3.77. The Morgan fingerprint density at radius 2 is 1.85 bits per heavy atom. The van der Waals surface area contributed by atoms with Crippen LogP contribution in [0.2, 0.25) is 5.02 Å². The van der Waals surface area contributed by atoms with Gasteiger partial charge in [-0.3, -0.25) is 10.1 Å². The predicted octanol–water partition coefficient (Wildman–Crippen LogP) is 4.07. The van der Waals surface area contributed by atoms with Crippen molar-refractivity contribution in [1.82, 2.24) is 5.32 Å². The summed E-state index contributed by atoms with van der Waals surface area (Å²) >= 11 is 13.2. The summed E-state index contributed by atoms with van der Waals surface area (Å²) in [6, 6.07) is 14.3. The van der Waals surface area contributed by atoms with Gasteiger partial charge in [-0.25, -0.2) is 0 Å². The van der Waals surface area contributed by atoms with Gasteiger partial charge < -0.3 is 5.32 Å². The zero-order valence-corrected chi connectivity index (χ0v) is 13.9. The monoisotopic (exact) mass is 416 g/mol. The second-order valence-corrected chi connectivity index (χ2v) is 5.91. The fraction of sp³-hybridized carbons (Fsp3) is 0. The Bertz CT molecular complexity index is 649. The Morgan fingerprint density at radius 3 is 2.50 bits per heavy atom. The van der Waals surface area contributed by atoms with Gasteiger partial charge in [-0.2, -0.15) is 0 Å². The van der Waals surface area contributed by atoms with Gasteiger partial charge in [-0.05, 0) is 65.1 Å². The van der Waals surface area contributed by atoms with Crippen LogP contribution in [0, 0.1) is 3.57 Å². The molecule has 0 spiro atoms. The van der Waals surface area contributed by atoms with Gasteiger partial charge in [0.1, 0.15) is 0 Å². The Kier molecular flexibility index (Phi) is 5.33. The van der Waals surface area contributed by atoms with Crippen molar-refractivity contribution in [3.05, 3.63) is 62.7 Å². The summed E-state index contributed by atoms with van der Waals surface area (Å²) in [6.45, 7) is 0. The van der Waals surface area contributed by atoms with Crippen LogP contribution in [0.3, 0.4) is 0 Å². The number of hydrogen-bond donors (Lipinski definition) is 2. The first-order valence-electron chi connectivity index (χ1n) is 5.68. The molecule has 0 unspecified atom stereocenters. The largest absolute Gasteiger partial charge is 0.332 e. The fourth-order valence-corrected chi connectivity index (χ4v) is 2.72. The number of amides is 1. The number of benzene rings is 2. The third kappa shape index (κ3) is 4.16. The molecule has 1 amide bonds. The summed E-state index contributed by atoms with van der Waals surface area (Å²) < 4.78 is 0.923. The number of nitrogens with one attached hydrogen (secondary N) is 2. The van der Waals surface area contributed by atoms with Crippen molar-refractivity contribution >= 4 is 63.1 Å². The van der Waals surface area contributed by atoms with Crippen molar-refractivity contribution < 1.29 is 4.79 Å². The first-order valence-corrected chi connectivity index (χ1v) is 7.55. The van der Waals surface area contributed by atoms with E-state index in [0.717, 1.165) is 9.26 Å². The fourth-order valence-electron chi connectivity index (χ4n) is 1.51. The van der Waals surface area contributed by atoms with E-state index in [2.05, 4.69) is 33.2 Å². The lowest BCUT2D eigenvalue weighted by atomic mass is 10.2. The molecule has 0 saturated heterocycles. The lowest BCUT2D eigenvalue weighted by Crippen LogP contribution is -2.34. The molecule has 2 aromatic rings. The van der Waals surface area contributed by atoms with Crippen LogP contribution in [0.4, 0.5) is 5.69 Å². The zero-order chi connectivity index (χ0) is 14.5. The van der Waals surface area contributed by atoms with Crippen LogP contribution in [0.1, 0.15) is 10.4 Å². The number of hydrogen-bond acceptors (Lipinski definition) is 2. The van der Waals surface area contributed by atoms with E-state index in [1.54, 1.807) is 30.3 Å². The molecule has 6 heteroatoms. The number of thiocarbonyl (C=S) groups is 1. The van der Waals surface area contributed by atoms with Crippen LogP contribution in [0.15, 0.2) is 48.5 Å². The van der Waals surface area contributed by atoms with Gasteiger partial charge in [0.25, 0.3) is 5.91 Å². The maximum Gasteiger partial charge on any atom is 0.257 e. The summed E-state index contributed by atoms with van der Waals surface area (Å²) in [6.07, 6.45) is 0. The van der Waals surface area contributed by atoms with Crippen molar-refractivity contribution in [2.24, 2.45) is 0 Å². The second-order valence-electron chi connectivity index (χ2n) is 3.90. The van der Waals surface area contributed by atoms with E-state index in [0.29, 0.717) is 10.6 Å². The Labute approximate surface area is 140 Å². The normalized spacial score (nSPS) is 9.90. The minimum Gasteiger partial charge on any atom is -0.332 e. The molecule has 0 aromatic heterocycles.